The van der Waals surface area contributed by atoms with Crippen molar-refractivity contribution in [2.45, 2.75) is 51.3 Å². The summed E-state index contributed by atoms with van der Waals surface area (Å²) in [7, 11) is 0. The van der Waals surface area contributed by atoms with Gasteiger partial charge in [0.15, 0.2) is 0 Å². The van der Waals surface area contributed by atoms with Crippen molar-refractivity contribution in [3.63, 3.8) is 0 Å². The molecule has 0 aliphatic carbocycles. The number of nitriles is 2. The summed E-state index contributed by atoms with van der Waals surface area (Å²) in [5.74, 6) is 0.306. The topological polar surface area (TPSA) is 50.8 Å². The standard InChI is InChI=1S/C24H29N3S/c1-6-17(7-2)20-14-21(18-10-12-19(28-5)13-11-18)23(16-26)24(22(20)15-25)27(8-3)9-4/h10-14,17H,6-9H2,1-5H3. The number of nitrogens with zero attached hydrogens (tertiary/aromatic N) is 3. The van der Waals surface area contributed by atoms with Crippen LogP contribution in [-0.4, -0.2) is 19.3 Å². The first-order valence-corrected chi connectivity index (χ1v) is 11.2. The van der Waals surface area contributed by atoms with E-state index >= 15 is 0 Å². The summed E-state index contributed by atoms with van der Waals surface area (Å²) >= 11 is 1.70. The van der Waals surface area contributed by atoms with Gasteiger partial charge in [-0.1, -0.05) is 26.0 Å². The summed E-state index contributed by atoms with van der Waals surface area (Å²) in [6.07, 6.45) is 4.00. The second-order valence-corrected chi connectivity index (χ2v) is 7.63. The maximum absolute atomic E-state index is 10.1. The van der Waals surface area contributed by atoms with Crippen LogP contribution in [0.1, 0.15) is 63.1 Å². The first-order chi connectivity index (χ1) is 13.6. The second kappa shape index (κ2) is 10.2. The molecule has 0 aromatic heterocycles. The number of thioether (sulfide) groups is 1. The normalized spacial score (nSPS) is 10.6. The van der Waals surface area contributed by atoms with Crippen molar-refractivity contribution in [2.24, 2.45) is 0 Å². The smallest absolute Gasteiger partial charge is 0.102 e. The molecule has 0 fully saturated rings. The van der Waals surface area contributed by atoms with Gasteiger partial charge in [-0.3, -0.25) is 0 Å². The Bertz CT molecular complexity index is 880. The summed E-state index contributed by atoms with van der Waals surface area (Å²) in [5, 5.41) is 20.1. The Morgan fingerprint density at radius 1 is 0.929 bits per heavy atom. The lowest BCUT2D eigenvalue weighted by atomic mass is 9.84. The Kier molecular flexibility index (Phi) is 7.97. The van der Waals surface area contributed by atoms with Crippen LogP contribution >= 0.6 is 11.8 Å². The van der Waals surface area contributed by atoms with E-state index in [2.05, 4.69) is 81.3 Å². The largest absolute Gasteiger partial charge is 0.370 e. The monoisotopic (exact) mass is 391 g/mol. The van der Waals surface area contributed by atoms with E-state index in [0.29, 0.717) is 17.0 Å². The zero-order valence-corrected chi connectivity index (χ0v) is 18.4. The number of rotatable bonds is 8. The van der Waals surface area contributed by atoms with Gasteiger partial charge >= 0.3 is 0 Å². The van der Waals surface area contributed by atoms with Crippen LogP contribution in [0.3, 0.4) is 0 Å². The highest BCUT2D eigenvalue weighted by Gasteiger charge is 2.25. The summed E-state index contributed by atoms with van der Waals surface area (Å²) in [6.45, 7) is 9.99. The first kappa shape index (κ1) is 21.9. The highest BCUT2D eigenvalue weighted by Crippen LogP contribution is 2.40. The van der Waals surface area contributed by atoms with Gasteiger partial charge in [-0.15, -0.1) is 11.8 Å². The summed E-state index contributed by atoms with van der Waals surface area (Å²) in [4.78, 5) is 3.34. The molecule has 28 heavy (non-hydrogen) atoms. The molecule has 0 aliphatic rings. The van der Waals surface area contributed by atoms with Crippen molar-refractivity contribution in [3.05, 3.63) is 47.0 Å². The lowest BCUT2D eigenvalue weighted by Gasteiger charge is -2.28. The molecule has 0 saturated heterocycles. The minimum Gasteiger partial charge on any atom is -0.370 e. The molecule has 0 spiro atoms. The van der Waals surface area contributed by atoms with E-state index in [1.54, 1.807) is 11.8 Å². The van der Waals surface area contributed by atoms with Crippen LogP contribution in [0, 0.1) is 22.7 Å². The third-order valence-electron chi connectivity index (χ3n) is 5.46. The zero-order valence-electron chi connectivity index (χ0n) is 17.5. The van der Waals surface area contributed by atoms with Gasteiger partial charge in [-0.2, -0.15) is 10.5 Å². The van der Waals surface area contributed by atoms with Crippen LogP contribution in [0.5, 0.6) is 0 Å². The van der Waals surface area contributed by atoms with E-state index in [4.69, 9.17) is 0 Å². The summed E-state index contributed by atoms with van der Waals surface area (Å²) in [6, 6.07) is 15.3. The molecule has 0 saturated carbocycles. The number of hydrogen-bond donors (Lipinski definition) is 0. The van der Waals surface area contributed by atoms with Crippen molar-refractivity contribution >= 4 is 17.4 Å². The SMILES string of the molecule is CCC(CC)c1cc(-c2ccc(SC)cc2)c(C#N)c(N(CC)CC)c1C#N. The van der Waals surface area contributed by atoms with E-state index in [1.807, 2.05) is 0 Å². The van der Waals surface area contributed by atoms with Gasteiger partial charge in [0, 0.05) is 23.5 Å². The molecule has 0 N–H and O–H groups in total. The van der Waals surface area contributed by atoms with Gasteiger partial charge < -0.3 is 4.90 Å². The maximum Gasteiger partial charge on any atom is 0.102 e. The van der Waals surface area contributed by atoms with Crippen LogP contribution in [0.15, 0.2) is 35.2 Å². The van der Waals surface area contributed by atoms with Crippen molar-refractivity contribution in [1.82, 2.24) is 0 Å². The Labute approximate surface area is 174 Å². The average molecular weight is 392 g/mol. The first-order valence-electron chi connectivity index (χ1n) is 10.00. The fourth-order valence-electron chi connectivity index (χ4n) is 3.82. The molecular weight excluding hydrogens is 362 g/mol. The van der Waals surface area contributed by atoms with Crippen LogP contribution in [0.25, 0.3) is 11.1 Å². The number of benzene rings is 2. The predicted octanol–water partition coefficient (Wildman–Crippen LogP) is 6.57. The average Bonchev–Trinajstić information content (AvgIpc) is 2.75. The van der Waals surface area contributed by atoms with Gasteiger partial charge in [0.2, 0.25) is 0 Å². The third-order valence-corrected chi connectivity index (χ3v) is 6.20. The molecule has 146 valence electrons. The molecule has 0 aliphatic heterocycles. The summed E-state index contributed by atoms with van der Waals surface area (Å²) < 4.78 is 0. The minimum absolute atomic E-state index is 0.306. The van der Waals surface area contributed by atoms with Crippen LogP contribution in [0.4, 0.5) is 5.69 Å². The van der Waals surface area contributed by atoms with Gasteiger partial charge in [0.25, 0.3) is 0 Å². The molecule has 2 aromatic rings. The van der Waals surface area contributed by atoms with E-state index < -0.39 is 0 Å². The van der Waals surface area contributed by atoms with E-state index in [0.717, 1.165) is 48.3 Å². The molecule has 4 heteroatoms. The Balaban J connectivity index is 2.90. The van der Waals surface area contributed by atoms with Gasteiger partial charge in [0.1, 0.15) is 12.1 Å². The molecule has 0 radical (unpaired) electrons. The van der Waals surface area contributed by atoms with Crippen molar-refractivity contribution in [3.8, 4) is 23.3 Å². The van der Waals surface area contributed by atoms with Crippen molar-refractivity contribution in [2.75, 3.05) is 24.2 Å². The highest BCUT2D eigenvalue weighted by molar-refractivity contribution is 7.98. The van der Waals surface area contributed by atoms with E-state index in [-0.39, 0.29) is 0 Å². The van der Waals surface area contributed by atoms with Crippen LogP contribution in [-0.2, 0) is 0 Å². The predicted molar refractivity (Wildman–Crippen MR) is 120 cm³/mol. The molecule has 0 heterocycles. The van der Waals surface area contributed by atoms with Crippen molar-refractivity contribution < 1.29 is 0 Å². The Morgan fingerprint density at radius 3 is 1.93 bits per heavy atom. The third kappa shape index (κ3) is 4.18. The molecule has 0 amide bonds. The molecule has 2 aromatic carbocycles. The lowest BCUT2D eigenvalue weighted by Crippen LogP contribution is -2.25. The van der Waals surface area contributed by atoms with Crippen LogP contribution in [0.2, 0.25) is 0 Å². The fourth-order valence-corrected chi connectivity index (χ4v) is 4.23. The number of anilines is 1. The minimum atomic E-state index is 0.306. The quantitative estimate of drug-likeness (QED) is 0.478. The maximum atomic E-state index is 10.1. The molecule has 0 atom stereocenters. The molecular formula is C24H29N3S. The molecule has 2 rings (SSSR count). The molecule has 3 nitrogen and oxygen atoms in total. The molecule has 0 bridgehead atoms. The van der Waals surface area contributed by atoms with Gasteiger partial charge in [0.05, 0.1) is 16.8 Å². The number of hydrogen-bond acceptors (Lipinski definition) is 4. The fraction of sp³-hybridized carbons (Fsp3) is 0.417. The zero-order chi connectivity index (χ0) is 20.7. The highest BCUT2D eigenvalue weighted by atomic mass is 32.2. The second-order valence-electron chi connectivity index (χ2n) is 6.75. The Morgan fingerprint density at radius 2 is 1.50 bits per heavy atom. The van der Waals surface area contributed by atoms with Gasteiger partial charge in [-0.25, -0.2) is 0 Å². The van der Waals surface area contributed by atoms with Gasteiger partial charge in [-0.05, 0) is 68.2 Å². The van der Waals surface area contributed by atoms with E-state index in [9.17, 15) is 10.5 Å². The van der Waals surface area contributed by atoms with Crippen LogP contribution < -0.4 is 4.90 Å². The lowest BCUT2D eigenvalue weighted by molar-refractivity contribution is 0.640. The summed E-state index contributed by atoms with van der Waals surface area (Å²) in [5.41, 5.74) is 5.09. The molecule has 0 unspecified atom stereocenters. The van der Waals surface area contributed by atoms with Crippen molar-refractivity contribution in [1.29, 1.82) is 10.5 Å². The van der Waals surface area contributed by atoms with E-state index in [1.165, 1.54) is 4.90 Å². The Hall–Kier alpha value is -2.43.